The monoisotopic (exact) mass is 869 g/mol. The quantitative estimate of drug-likeness (QED) is 0.160. The minimum absolute atomic E-state index is 0.607. The van der Waals surface area contributed by atoms with Gasteiger partial charge in [-0.05, 0) is 97.1 Å². The van der Waals surface area contributed by atoms with E-state index in [0.717, 1.165) is 72.5 Å². The molecule has 0 amide bonds. The van der Waals surface area contributed by atoms with Crippen LogP contribution in [-0.2, 0) is 0 Å². The van der Waals surface area contributed by atoms with Crippen molar-refractivity contribution >= 4 is 65.7 Å². The Bertz CT molecular complexity index is 4030. The number of benzene rings is 9. The van der Waals surface area contributed by atoms with Gasteiger partial charge >= 0.3 is 0 Å². The molecule has 7 nitrogen and oxygen atoms in total. The smallest absolute Gasteiger partial charge is 0.164 e. The van der Waals surface area contributed by atoms with Crippen LogP contribution in [0.2, 0.25) is 0 Å². The predicted octanol–water partition coefficient (Wildman–Crippen LogP) is 15.0. The number of aromatic nitrogens is 7. The van der Waals surface area contributed by atoms with E-state index in [9.17, 15) is 0 Å². The summed E-state index contributed by atoms with van der Waals surface area (Å²) < 4.78 is 9.66. The van der Waals surface area contributed by atoms with E-state index in [1.807, 2.05) is 18.2 Å². The maximum absolute atomic E-state index is 5.20. The average molecular weight is 870 g/mol. The SMILES string of the molecule is c1ccc(-c2nc(-c3ccc(-n4c5ccccc5c5ccccc54)cc3)nc(-c3ccc(-n4c5c6ccccc6n(-c6ccccc6)c5c5c4c4ccccc4n5-c4ccccc4)cc3)n2)cc1. The van der Waals surface area contributed by atoms with Gasteiger partial charge in [0.05, 0.1) is 44.1 Å². The van der Waals surface area contributed by atoms with E-state index in [-0.39, 0.29) is 0 Å². The van der Waals surface area contributed by atoms with Crippen LogP contribution >= 0.6 is 0 Å². The molecule has 0 saturated heterocycles. The number of hydrogen-bond donors (Lipinski definition) is 0. The molecule has 0 N–H and O–H groups in total. The molecule has 0 bridgehead atoms. The Labute approximate surface area is 390 Å². The Kier molecular flexibility index (Phi) is 8.45. The zero-order valence-corrected chi connectivity index (χ0v) is 36.6. The summed E-state index contributed by atoms with van der Waals surface area (Å²) in [6.07, 6.45) is 0. The maximum atomic E-state index is 5.20. The number of fused-ring (bicyclic) bond motifs is 10. The highest BCUT2D eigenvalue weighted by Gasteiger charge is 2.28. The van der Waals surface area contributed by atoms with Gasteiger partial charge in [-0.3, -0.25) is 0 Å². The fourth-order valence-corrected chi connectivity index (χ4v) is 10.5. The summed E-state index contributed by atoms with van der Waals surface area (Å²) in [5.41, 5.74) is 16.3. The van der Waals surface area contributed by atoms with Crippen molar-refractivity contribution in [2.75, 3.05) is 0 Å². The van der Waals surface area contributed by atoms with Crippen molar-refractivity contribution in [3.8, 4) is 56.9 Å². The Balaban J connectivity index is 0.953. The topological polar surface area (TPSA) is 58.4 Å². The van der Waals surface area contributed by atoms with Gasteiger partial charge in [0.25, 0.3) is 0 Å². The number of nitrogens with zero attached hydrogens (tertiary/aromatic N) is 7. The second-order valence-corrected chi connectivity index (χ2v) is 17.2. The molecule has 14 rings (SSSR count). The summed E-state index contributed by atoms with van der Waals surface area (Å²) in [7, 11) is 0. The number of rotatable bonds is 7. The van der Waals surface area contributed by atoms with Crippen LogP contribution in [0.25, 0.3) is 123 Å². The molecule has 0 spiro atoms. The molecule has 7 heteroatoms. The van der Waals surface area contributed by atoms with E-state index in [4.69, 9.17) is 15.0 Å². The second-order valence-electron chi connectivity index (χ2n) is 17.2. The lowest BCUT2D eigenvalue weighted by Crippen LogP contribution is -2.01. The van der Waals surface area contributed by atoms with Gasteiger partial charge in [0.1, 0.15) is 0 Å². The Morgan fingerprint density at radius 2 is 0.500 bits per heavy atom. The highest BCUT2D eigenvalue weighted by molar-refractivity contribution is 6.25. The lowest BCUT2D eigenvalue weighted by molar-refractivity contribution is 1.07. The van der Waals surface area contributed by atoms with Crippen LogP contribution in [0.4, 0.5) is 0 Å². The fraction of sp³-hybridized carbons (Fsp3) is 0. The summed E-state index contributed by atoms with van der Waals surface area (Å²) in [6.45, 7) is 0. The molecule has 0 aliphatic rings. The van der Waals surface area contributed by atoms with Gasteiger partial charge in [-0.1, -0.05) is 140 Å². The molecule has 0 fully saturated rings. The van der Waals surface area contributed by atoms with Crippen molar-refractivity contribution in [3.05, 3.63) is 237 Å². The molecule has 0 radical (unpaired) electrons. The molecule has 318 valence electrons. The van der Waals surface area contributed by atoms with Gasteiger partial charge in [0, 0.05) is 61.0 Å². The van der Waals surface area contributed by atoms with Crippen LogP contribution in [0.1, 0.15) is 0 Å². The Morgan fingerprint density at radius 3 is 0.912 bits per heavy atom. The normalized spacial score (nSPS) is 11.8. The average Bonchev–Trinajstić information content (AvgIpc) is 4.14. The van der Waals surface area contributed by atoms with Gasteiger partial charge < -0.3 is 18.3 Å². The van der Waals surface area contributed by atoms with E-state index >= 15 is 0 Å². The molecule has 0 atom stereocenters. The van der Waals surface area contributed by atoms with Crippen molar-refractivity contribution in [2.24, 2.45) is 0 Å². The first-order chi connectivity index (χ1) is 33.8. The fourth-order valence-electron chi connectivity index (χ4n) is 10.5. The molecule has 0 aliphatic carbocycles. The van der Waals surface area contributed by atoms with E-state index < -0.39 is 0 Å². The first-order valence-electron chi connectivity index (χ1n) is 23.0. The van der Waals surface area contributed by atoms with E-state index in [1.54, 1.807) is 0 Å². The van der Waals surface area contributed by atoms with Crippen molar-refractivity contribution in [2.45, 2.75) is 0 Å². The van der Waals surface area contributed by atoms with Gasteiger partial charge in [0.2, 0.25) is 0 Å². The minimum atomic E-state index is 0.607. The molecular weight excluding hydrogens is 831 g/mol. The number of hydrogen-bond acceptors (Lipinski definition) is 3. The van der Waals surface area contributed by atoms with Crippen LogP contribution in [0.15, 0.2) is 237 Å². The molecule has 68 heavy (non-hydrogen) atoms. The predicted molar refractivity (Wildman–Crippen MR) is 278 cm³/mol. The largest absolute Gasteiger partial charge is 0.309 e. The third kappa shape index (κ3) is 5.76. The second kappa shape index (κ2) is 15.1. The zero-order chi connectivity index (χ0) is 44.7. The molecule has 0 unspecified atom stereocenters. The summed E-state index contributed by atoms with van der Waals surface area (Å²) in [5, 5.41) is 4.82. The highest BCUT2D eigenvalue weighted by atomic mass is 15.1. The maximum Gasteiger partial charge on any atom is 0.164 e. The number of para-hydroxylation sites is 6. The van der Waals surface area contributed by atoms with Crippen LogP contribution < -0.4 is 0 Å². The Hall–Kier alpha value is -9.33. The van der Waals surface area contributed by atoms with Crippen molar-refractivity contribution in [3.63, 3.8) is 0 Å². The van der Waals surface area contributed by atoms with Gasteiger partial charge in [-0.15, -0.1) is 0 Å². The molecule has 14 aromatic rings. The van der Waals surface area contributed by atoms with Gasteiger partial charge in [-0.25, -0.2) is 15.0 Å². The lowest BCUT2D eigenvalue weighted by Gasteiger charge is -2.11. The molecule has 9 aromatic carbocycles. The highest BCUT2D eigenvalue weighted by Crippen LogP contribution is 2.46. The standard InChI is InChI=1S/C61H39N7/c1-4-18-40(19-5-1)59-62-60(41-32-36-45(37-33-41)65-51-28-14-10-24-47(51)48-25-11-15-29-52(48)65)64-61(63-59)42-34-38-46(39-35-42)68-55-49-26-12-16-30-53(49)66(43-20-6-2-7-21-43)57(55)58-56(68)50-27-13-17-31-54(50)67(58)44-22-8-3-9-23-44/h1-39H. The van der Waals surface area contributed by atoms with Gasteiger partial charge in [-0.2, -0.15) is 0 Å². The summed E-state index contributed by atoms with van der Waals surface area (Å²) >= 11 is 0. The zero-order valence-electron chi connectivity index (χ0n) is 36.6. The summed E-state index contributed by atoms with van der Waals surface area (Å²) in [4.78, 5) is 15.4. The van der Waals surface area contributed by atoms with Crippen molar-refractivity contribution in [1.29, 1.82) is 0 Å². The molecule has 0 saturated carbocycles. The van der Waals surface area contributed by atoms with Crippen LogP contribution in [0.3, 0.4) is 0 Å². The van der Waals surface area contributed by atoms with Crippen LogP contribution in [0.5, 0.6) is 0 Å². The molecule has 0 aliphatic heterocycles. The molecule has 5 aromatic heterocycles. The van der Waals surface area contributed by atoms with E-state index in [0.29, 0.717) is 17.5 Å². The summed E-state index contributed by atoms with van der Waals surface area (Å²) in [6, 6.07) is 83.6. The van der Waals surface area contributed by atoms with Crippen LogP contribution in [-0.4, -0.2) is 33.2 Å². The first-order valence-corrected chi connectivity index (χ1v) is 23.0. The van der Waals surface area contributed by atoms with E-state index in [1.165, 1.54) is 32.6 Å². The Morgan fingerprint density at radius 1 is 0.206 bits per heavy atom. The van der Waals surface area contributed by atoms with Crippen LogP contribution in [0, 0.1) is 0 Å². The molecular formula is C61H39N7. The van der Waals surface area contributed by atoms with Gasteiger partial charge in [0.15, 0.2) is 17.5 Å². The third-order valence-corrected chi connectivity index (χ3v) is 13.4. The first kappa shape index (κ1) is 38.0. The van der Waals surface area contributed by atoms with Crippen molar-refractivity contribution in [1.82, 2.24) is 33.2 Å². The third-order valence-electron chi connectivity index (χ3n) is 13.4. The molecule has 5 heterocycles. The van der Waals surface area contributed by atoms with Crippen molar-refractivity contribution < 1.29 is 0 Å². The lowest BCUT2D eigenvalue weighted by atomic mass is 10.1. The summed E-state index contributed by atoms with van der Waals surface area (Å²) in [5.74, 6) is 1.84. The minimum Gasteiger partial charge on any atom is -0.309 e. The van der Waals surface area contributed by atoms with E-state index in [2.05, 4.69) is 237 Å².